The minimum atomic E-state index is -0.208. The molecule has 0 fully saturated rings. The maximum absolute atomic E-state index is 13.2. The van der Waals surface area contributed by atoms with Crippen molar-refractivity contribution in [1.82, 2.24) is 5.32 Å². The van der Waals surface area contributed by atoms with E-state index < -0.39 is 0 Å². The van der Waals surface area contributed by atoms with E-state index in [9.17, 15) is 4.39 Å². The van der Waals surface area contributed by atoms with E-state index >= 15 is 0 Å². The summed E-state index contributed by atoms with van der Waals surface area (Å²) in [5.74, 6) is -0.208. The number of hydrogen-bond donors (Lipinski definition) is 1. The van der Waals surface area contributed by atoms with E-state index in [1.165, 1.54) is 6.07 Å². The molecule has 0 aliphatic rings. The van der Waals surface area contributed by atoms with Crippen LogP contribution in [-0.2, 0) is 11.2 Å². The van der Waals surface area contributed by atoms with Crippen LogP contribution in [0.2, 0.25) is 0 Å². The van der Waals surface area contributed by atoms with Gasteiger partial charge in [0.15, 0.2) is 0 Å². The quantitative estimate of drug-likeness (QED) is 0.692. The Balaban J connectivity index is 2.49. The van der Waals surface area contributed by atoms with Crippen molar-refractivity contribution >= 4 is 15.9 Å². The average Bonchev–Trinajstić information content (AvgIpc) is 2.39. The first-order valence-corrected chi connectivity index (χ1v) is 7.71. The summed E-state index contributed by atoms with van der Waals surface area (Å²) >= 11 is 3.23. The van der Waals surface area contributed by atoms with Gasteiger partial charge in [-0.1, -0.05) is 13.0 Å². The normalized spacial score (nSPS) is 12.6. The predicted octanol–water partition coefficient (Wildman–Crippen LogP) is 3.93. The van der Waals surface area contributed by atoms with Crippen LogP contribution >= 0.6 is 15.9 Å². The number of rotatable bonds is 9. The van der Waals surface area contributed by atoms with E-state index in [4.69, 9.17) is 4.74 Å². The Labute approximate surface area is 123 Å². The van der Waals surface area contributed by atoms with Gasteiger partial charge in [0.25, 0.3) is 0 Å². The van der Waals surface area contributed by atoms with Crippen LogP contribution < -0.4 is 5.32 Å². The first kappa shape index (κ1) is 16.6. The third-order valence-corrected chi connectivity index (χ3v) is 3.61. The van der Waals surface area contributed by atoms with Gasteiger partial charge in [-0.05, 0) is 66.4 Å². The molecule has 0 aliphatic carbocycles. The lowest BCUT2D eigenvalue weighted by molar-refractivity contribution is 0.141. The fraction of sp³-hybridized carbons (Fsp3) is 0.600. The molecule has 0 heterocycles. The average molecular weight is 332 g/mol. The molecule has 0 amide bonds. The minimum absolute atomic E-state index is 0.208. The molecule has 1 N–H and O–H groups in total. The van der Waals surface area contributed by atoms with E-state index in [0.717, 1.165) is 44.6 Å². The second-order valence-electron chi connectivity index (χ2n) is 4.55. The van der Waals surface area contributed by atoms with Crippen LogP contribution in [0.25, 0.3) is 0 Å². The van der Waals surface area contributed by atoms with Crippen LogP contribution in [0.3, 0.4) is 0 Å². The molecular weight excluding hydrogens is 309 g/mol. The van der Waals surface area contributed by atoms with Crippen LogP contribution in [0.5, 0.6) is 0 Å². The van der Waals surface area contributed by atoms with Gasteiger partial charge in [0.05, 0.1) is 4.47 Å². The largest absolute Gasteiger partial charge is 0.382 e. The van der Waals surface area contributed by atoms with Crippen molar-refractivity contribution in [2.24, 2.45) is 0 Å². The van der Waals surface area contributed by atoms with Gasteiger partial charge < -0.3 is 10.1 Å². The van der Waals surface area contributed by atoms with Gasteiger partial charge in [0.2, 0.25) is 0 Å². The molecule has 0 bridgehead atoms. The lowest BCUT2D eigenvalue weighted by Gasteiger charge is -2.18. The highest BCUT2D eigenvalue weighted by Crippen LogP contribution is 2.18. The zero-order valence-corrected chi connectivity index (χ0v) is 13.3. The summed E-state index contributed by atoms with van der Waals surface area (Å²) in [6.45, 7) is 6.65. The maximum Gasteiger partial charge on any atom is 0.137 e. The Hall–Kier alpha value is -0.450. The molecule has 19 heavy (non-hydrogen) atoms. The Morgan fingerprint density at radius 3 is 2.79 bits per heavy atom. The first-order chi connectivity index (χ1) is 9.17. The number of likely N-dealkylation sites (N-methyl/N-ethyl adjacent to an activating group) is 1. The first-order valence-electron chi connectivity index (χ1n) is 6.92. The van der Waals surface area contributed by atoms with Gasteiger partial charge in [0.1, 0.15) is 5.82 Å². The lowest BCUT2D eigenvalue weighted by atomic mass is 10.0. The van der Waals surface area contributed by atoms with Gasteiger partial charge in [-0.2, -0.15) is 0 Å². The summed E-state index contributed by atoms with van der Waals surface area (Å²) < 4.78 is 19.1. The molecule has 0 saturated carbocycles. The number of ether oxygens (including phenoxy) is 1. The number of halogens is 2. The fourth-order valence-corrected chi connectivity index (χ4v) is 2.52. The van der Waals surface area contributed by atoms with Gasteiger partial charge >= 0.3 is 0 Å². The molecule has 2 nitrogen and oxygen atoms in total. The highest BCUT2D eigenvalue weighted by atomic mass is 79.9. The molecule has 0 spiro atoms. The molecule has 1 unspecified atom stereocenters. The van der Waals surface area contributed by atoms with E-state index in [0.29, 0.717) is 10.5 Å². The number of benzene rings is 1. The molecule has 1 aromatic rings. The van der Waals surface area contributed by atoms with Gasteiger partial charge in [0, 0.05) is 19.3 Å². The van der Waals surface area contributed by atoms with Crippen LogP contribution in [0, 0.1) is 5.82 Å². The zero-order valence-electron chi connectivity index (χ0n) is 11.7. The highest BCUT2D eigenvalue weighted by Gasteiger charge is 2.09. The molecular formula is C15H23BrFNO. The summed E-state index contributed by atoms with van der Waals surface area (Å²) in [5, 5.41) is 3.48. The molecule has 1 rings (SSSR count). The van der Waals surface area contributed by atoms with E-state index in [1.807, 2.05) is 19.1 Å². The number of nitrogens with one attached hydrogen (secondary N) is 1. The summed E-state index contributed by atoms with van der Waals surface area (Å²) in [6, 6.07) is 5.65. The molecule has 0 aromatic heterocycles. The van der Waals surface area contributed by atoms with Gasteiger partial charge in [-0.25, -0.2) is 4.39 Å². The monoisotopic (exact) mass is 331 g/mol. The highest BCUT2D eigenvalue weighted by molar-refractivity contribution is 9.10. The van der Waals surface area contributed by atoms with Crippen LogP contribution in [0.1, 0.15) is 32.3 Å². The molecule has 4 heteroatoms. The predicted molar refractivity (Wildman–Crippen MR) is 81.0 cm³/mol. The summed E-state index contributed by atoms with van der Waals surface area (Å²) in [4.78, 5) is 0. The second kappa shape index (κ2) is 9.45. The van der Waals surface area contributed by atoms with E-state index in [-0.39, 0.29) is 5.82 Å². The van der Waals surface area contributed by atoms with Crippen molar-refractivity contribution in [2.75, 3.05) is 19.8 Å². The smallest absolute Gasteiger partial charge is 0.137 e. The third kappa shape index (κ3) is 6.50. The standard InChI is InChI=1S/C15H23BrFNO/c1-3-18-13(6-5-9-19-4-2)10-12-7-8-15(17)14(16)11-12/h7-8,11,13,18H,3-6,9-10H2,1-2H3. The summed E-state index contributed by atoms with van der Waals surface area (Å²) in [7, 11) is 0. The van der Waals surface area contributed by atoms with Crippen molar-refractivity contribution < 1.29 is 9.13 Å². The second-order valence-corrected chi connectivity index (χ2v) is 5.40. The van der Waals surface area contributed by atoms with Crippen molar-refractivity contribution in [2.45, 2.75) is 39.2 Å². The lowest BCUT2D eigenvalue weighted by Crippen LogP contribution is -2.31. The van der Waals surface area contributed by atoms with Gasteiger partial charge in [-0.3, -0.25) is 0 Å². The molecule has 1 atom stereocenters. The molecule has 1 aromatic carbocycles. The van der Waals surface area contributed by atoms with Crippen LogP contribution in [0.4, 0.5) is 4.39 Å². The minimum Gasteiger partial charge on any atom is -0.382 e. The molecule has 108 valence electrons. The Bertz CT molecular complexity index is 373. The topological polar surface area (TPSA) is 21.3 Å². The summed E-state index contributed by atoms with van der Waals surface area (Å²) in [5.41, 5.74) is 1.15. The van der Waals surface area contributed by atoms with Crippen molar-refractivity contribution in [1.29, 1.82) is 0 Å². The Morgan fingerprint density at radius 1 is 1.37 bits per heavy atom. The van der Waals surface area contributed by atoms with E-state index in [1.54, 1.807) is 0 Å². The molecule has 0 saturated heterocycles. The van der Waals surface area contributed by atoms with Crippen molar-refractivity contribution in [3.05, 3.63) is 34.1 Å². The molecule has 0 aliphatic heterocycles. The SMILES string of the molecule is CCNC(CCCOCC)Cc1ccc(F)c(Br)c1. The van der Waals surface area contributed by atoms with Gasteiger partial charge in [-0.15, -0.1) is 0 Å². The third-order valence-electron chi connectivity index (χ3n) is 3.00. The van der Waals surface area contributed by atoms with Crippen molar-refractivity contribution in [3.63, 3.8) is 0 Å². The summed E-state index contributed by atoms with van der Waals surface area (Å²) in [6.07, 6.45) is 3.04. The van der Waals surface area contributed by atoms with Crippen molar-refractivity contribution in [3.8, 4) is 0 Å². The Kier molecular flexibility index (Phi) is 8.26. The Morgan fingerprint density at radius 2 is 2.16 bits per heavy atom. The van der Waals surface area contributed by atoms with E-state index in [2.05, 4.69) is 28.2 Å². The van der Waals surface area contributed by atoms with Crippen LogP contribution in [-0.4, -0.2) is 25.8 Å². The molecule has 0 radical (unpaired) electrons. The zero-order chi connectivity index (χ0) is 14.1. The maximum atomic E-state index is 13.2. The fourth-order valence-electron chi connectivity index (χ4n) is 2.09. The number of hydrogen-bond acceptors (Lipinski definition) is 2. The van der Waals surface area contributed by atoms with Crippen LogP contribution in [0.15, 0.2) is 22.7 Å².